The average Bonchev–Trinajstić information content (AvgIpc) is 2.72. The predicted octanol–water partition coefficient (Wildman–Crippen LogP) is -1.16. The lowest BCUT2D eigenvalue weighted by Gasteiger charge is -1.98. The maximum Gasteiger partial charge on any atom is 0.297 e. The molecular weight excluding hydrogens is 196 g/mol. The lowest BCUT2D eigenvalue weighted by atomic mass is 10.4. The van der Waals surface area contributed by atoms with Crippen LogP contribution in [0.4, 0.5) is 0 Å². The van der Waals surface area contributed by atoms with Crippen LogP contribution in [0, 0.1) is 0 Å². The summed E-state index contributed by atoms with van der Waals surface area (Å²) in [5.41, 5.74) is -0.599. The molecule has 2 aromatic heterocycles. The molecule has 0 saturated carbocycles. The van der Waals surface area contributed by atoms with Crippen molar-refractivity contribution in [2.24, 2.45) is 5.10 Å². The predicted molar refractivity (Wildman–Crippen MR) is 56.0 cm³/mol. The first-order valence-corrected chi connectivity index (χ1v) is 4.27. The molecule has 0 aliphatic heterocycles. The van der Waals surface area contributed by atoms with Crippen molar-refractivity contribution in [2.45, 2.75) is 6.92 Å². The summed E-state index contributed by atoms with van der Waals surface area (Å²) in [4.78, 5) is 23.5. The number of fused-ring (bicyclic) bond motifs is 1. The Morgan fingerprint density at radius 3 is 2.80 bits per heavy atom. The minimum absolute atomic E-state index is 0.159. The van der Waals surface area contributed by atoms with Gasteiger partial charge in [-0.25, -0.2) is 0 Å². The quantitative estimate of drug-likeness (QED) is 0.550. The summed E-state index contributed by atoms with van der Waals surface area (Å²) >= 11 is 0. The molecular formula is C9H8N4O2. The molecule has 0 saturated heterocycles. The van der Waals surface area contributed by atoms with Crippen molar-refractivity contribution in [2.75, 3.05) is 0 Å². The Morgan fingerprint density at radius 1 is 1.47 bits per heavy atom. The zero-order valence-electron chi connectivity index (χ0n) is 8.04. The van der Waals surface area contributed by atoms with Crippen molar-refractivity contribution >= 4 is 18.3 Å². The highest BCUT2D eigenvalue weighted by Crippen LogP contribution is 1.87. The fourth-order valence-corrected chi connectivity index (χ4v) is 1.43. The fraction of sp³-hybridized carbons (Fsp3) is 0.111. The lowest BCUT2D eigenvalue weighted by Crippen LogP contribution is -2.45. The van der Waals surface area contributed by atoms with E-state index in [1.807, 2.05) is 0 Å². The highest BCUT2D eigenvalue weighted by atomic mass is 16.2. The van der Waals surface area contributed by atoms with Gasteiger partial charge in [-0.3, -0.25) is 9.59 Å². The van der Waals surface area contributed by atoms with E-state index in [0.717, 1.165) is 9.19 Å². The van der Waals surface area contributed by atoms with E-state index in [-0.39, 0.29) is 16.4 Å². The van der Waals surface area contributed by atoms with E-state index in [1.165, 1.54) is 18.3 Å². The Balaban J connectivity index is 3.27. The maximum absolute atomic E-state index is 11.8. The zero-order valence-corrected chi connectivity index (χ0v) is 8.04. The van der Waals surface area contributed by atoms with Crippen molar-refractivity contribution < 1.29 is 0 Å². The van der Waals surface area contributed by atoms with Crippen LogP contribution in [-0.2, 0) is 0 Å². The minimum atomic E-state index is -0.407. The van der Waals surface area contributed by atoms with E-state index in [0.29, 0.717) is 0 Å². The molecule has 0 radical (unpaired) electrons. The first-order valence-electron chi connectivity index (χ1n) is 4.27. The summed E-state index contributed by atoms with van der Waals surface area (Å²) in [7, 11) is 0. The standard InChI is InChI=1S/C9H8N4O2/c1-3-6-8(14)13-7(4-5-11-13)9(15)12(6)10-2/h3-5H,2H2,1H3/b6-3-. The zero-order chi connectivity index (χ0) is 11.0. The van der Waals surface area contributed by atoms with E-state index < -0.39 is 5.56 Å². The van der Waals surface area contributed by atoms with Gasteiger partial charge in [-0.15, -0.1) is 0 Å². The smallest absolute Gasteiger partial charge is 0.265 e. The molecule has 0 fully saturated rings. The highest BCUT2D eigenvalue weighted by molar-refractivity contribution is 5.43. The molecule has 0 aromatic carbocycles. The Morgan fingerprint density at radius 2 is 2.20 bits per heavy atom. The van der Waals surface area contributed by atoms with E-state index in [4.69, 9.17) is 0 Å². The monoisotopic (exact) mass is 204 g/mol. The molecule has 2 aromatic rings. The topological polar surface area (TPSA) is 68.7 Å². The fourth-order valence-electron chi connectivity index (χ4n) is 1.43. The summed E-state index contributed by atoms with van der Waals surface area (Å²) in [6.45, 7) is 4.90. The van der Waals surface area contributed by atoms with E-state index in [9.17, 15) is 9.59 Å². The van der Waals surface area contributed by atoms with Crippen LogP contribution in [-0.4, -0.2) is 21.0 Å². The van der Waals surface area contributed by atoms with Crippen molar-refractivity contribution in [1.82, 2.24) is 14.3 Å². The van der Waals surface area contributed by atoms with Gasteiger partial charge in [0, 0.05) is 6.72 Å². The van der Waals surface area contributed by atoms with Gasteiger partial charge in [-0.1, -0.05) is 6.08 Å². The molecule has 0 unspecified atom stereocenters. The molecule has 0 atom stereocenters. The van der Waals surface area contributed by atoms with Gasteiger partial charge in [0.25, 0.3) is 11.1 Å². The van der Waals surface area contributed by atoms with Gasteiger partial charge in [0.15, 0.2) is 0 Å². The molecule has 15 heavy (non-hydrogen) atoms. The van der Waals surface area contributed by atoms with E-state index >= 15 is 0 Å². The number of aromatic nitrogens is 3. The molecule has 6 nitrogen and oxygen atoms in total. The molecule has 2 rings (SSSR count). The minimum Gasteiger partial charge on any atom is -0.265 e. The molecule has 0 aliphatic carbocycles. The summed E-state index contributed by atoms with van der Waals surface area (Å²) < 4.78 is 2.03. The Labute approximate surface area is 83.8 Å². The third-order valence-corrected chi connectivity index (χ3v) is 2.11. The van der Waals surface area contributed by atoms with Gasteiger partial charge in [-0.05, 0) is 13.0 Å². The molecule has 0 aliphatic rings. The first-order chi connectivity index (χ1) is 7.20. The lowest BCUT2D eigenvalue weighted by molar-refractivity contribution is 0.750. The van der Waals surface area contributed by atoms with Crippen LogP contribution < -0.4 is 16.5 Å². The normalized spacial score (nSPS) is 12.2. The SMILES string of the molecule is C=Nn1c(=O)c2ccnn2c(=O)/c1=C/C. The van der Waals surface area contributed by atoms with Crippen LogP contribution in [0.2, 0.25) is 0 Å². The van der Waals surface area contributed by atoms with E-state index in [1.54, 1.807) is 6.92 Å². The molecule has 0 spiro atoms. The Bertz CT molecular complexity index is 695. The average molecular weight is 204 g/mol. The van der Waals surface area contributed by atoms with Crippen LogP contribution in [0.25, 0.3) is 11.6 Å². The van der Waals surface area contributed by atoms with Gasteiger partial charge in [-0.2, -0.15) is 19.4 Å². The highest BCUT2D eigenvalue weighted by Gasteiger charge is 2.08. The summed E-state index contributed by atoms with van der Waals surface area (Å²) in [5.74, 6) is 0. The molecule has 76 valence electrons. The van der Waals surface area contributed by atoms with Crippen molar-refractivity contribution in [3.8, 4) is 0 Å². The van der Waals surface area contributed by atoms with Gasteiger partial charge in [0.05, 0.1) is 6.20 Å². The Kier molecular flexibility index (Phi) is 1.96. The second kappa shape index (κ2) is 3.16. The molecule has 0 amide bonds. The van der Waals surface area contributed by atoms with Crippen molar-refractivity contribution in [3.05, 3.63) is 38.3 Å². The third kappa shape index (κ3) is 1.11. The number of rotatable bonds is 1. The Hall–Kier alpha value is -2.24. The number of hydrogen-bond donors (Lipinski definition) is 0. The van der Waals surface area contributed by atoms with Gasteiger partial charge >= 0.3 is 0 Å². The summed E-state index contributed by atoms with van der Waals surface area (Å²) in [6.07, 6.45) is 2.89. The van der Waals surface area contributed by atoms with Gasteiger partial charge in [0.1, 0.15) is 10.9 Å². The van der Waals surface area contributed by atoms with Crippen molar-refractivity contribution in [1.29, 1.82) is 0 Å². The largest absolute Gasteiger partial charge is 0.297 e. The summed E-state index contributed by atoms with van der Waals surface area (Å²) in [5, 5.41) is 7.44. The number of hydrogen-bond acceptors (Lipinski definition) is 4. The molecule has 0 N–H and O–H groups in total. The first kappa shape index (κ1) is 9.32. The van der Waals surface area contributed by atoms with Crippen LogP contribution in [0.15, 0.2) is 27.0 Å². The van der Waals surface area contributed by atoms with Crippen molar-refractivity contribution in [3.63, 3.8) is 0 Å². The van der Waals surface area contributed by atoms with E-state index in [2.05, 4.69) is 16.9 Å². The summed E-state index contributed by atoms with van der Waals surface area (Å²) in [6, 6.07) is 1.46. The third-order valence-electron chi connectivity index (χ3n) is 2.11. The van der Waals surface area contributed by atoms with Crippen LogP contribution in [0.5, 0.6) is 0 Å². The number of nitrogens with zero attached hydrogens (tertiary/aromatic N) is 4. The molecule has 6 heteroatoms. The maximum atomic E-state index is 11.8. The van der Waals surface area contributed by atoms with Gasteiger partial charge in [0.2, 0.25) is 0 Å². The van der Waals surface area contributed by atoms with Gasteiger partial charge < -0.3 is 0 Å². The van der Waals surface area contributed by atoms with Crippen LogP contribution in [0.1, 0.15) is 6.92 Å². The molecule has 2 heterocycles. The van der Waals surface area contributed by atoms with Crippen LogP contribution >= 0.6 is 0 Å². The van der Waals surface area contributed by atoms with Crippen LogP contribution in [0.3, 0.4) is 0 Å². The second-order valence-electron chi connectivity index (χ2n) is 2.87. The second-order valence-corrected chi connectivity index (χ2v) is 2.87. The molecule has 0 bridgehead atoms.